The molecule has 3 amide bonds. The highest BCUT2D eigenvalue weighted by Crippen LogP contribution is 2.60. The Labute approximate surface area is 195 Å². The third-order valence-corrected chi connectivity index (χ3v) is 7.26. The second-order valence-corrected chi connectivity index (χ2v) is 8.96. The van der Waals surface area contributed by atoms with Crippen molar-refractivity contribution in [3.05, 3.63) is 101 Å². The summed E-state index contributed by atoms with van der Waals surface area (Å²) in [5, 5.41) is 11.7. The van der Waals surface area contributed by atoms with Gasteiger partial charge < -0.3 is 10.4 Å². The van der Waals surface area contributed by atoms with Gasteiger partial charge in [-0.3, -0.25) is 19.3 Å². The van der Waals surface area contributed by atoms with Gasteiger partial charge in [0, 0.05) is 17.5 Å². The van der Waals surface area contributed by atoms with Gasteiger partial charge in [0.15, 0.2) is 0 Å². The van der Waals surface area contributed by atoms with Crippen LogP contribution < -0.4 is 5.32 Å². The van der Waals surface area contributed by atoms with E-state index in [0.717, 1.165) is 27.2 Å². The number of nitrogens with one attached hydrogen (secondary N) is 1. The van der Waals surface area contributed by atoms with Crippen molar-refractivity contribution in [1.82, 2.24) is 4.90 Å². The Morgan fingerprint density at radius 1 is 0.735 bits per heavy atom. The first kappa shape index (κ1) is 20.4. The smallest absolute Gasteiger partial charge is 0.335 e. The molecule has 1 saturated heterocycles. The van der Waals surface area contributed by atoms with E-state index in [-0.39, 0.29) is 35.8 Å². The van der Waals surface area contributed by atoms with E-state index in [1.54, 1.807) is 0 Å². The topological polar surface area (TPSA) is 104 Å². The van der Waals surface area contributed by atoms with Crippen molar-refractivity contribution in [1.29, 1.82) is 0 Å². The SMILES string of the molecule is O=C(CN1C(=O)[C@@H]2C3c4ccccc4C(c4ccccc43)[C@@H]2C1=O)Nc1ccc(C(=O)O)cc1. The third kappa shape index (κ3) is 2.83. The molecule has 7 nitrogen and oxygen atoms in total. The lowest BCUT2D eigenvalue weighted by atomic mass is 9.55. The van der Waals surface area contributed by atoms with Crippen LogP contribution in [0.2, 0.25) is 0 Å². The lowest BCUT2D eigenvalue weighted by Crippen LogP contribution is -2.41. The molecule has 1 fully saturated rings. The maximum atomic E-state index is 13.5. The van der Waals surface area contributed by atoms with E-state index in [4.69, 9.17) is 5.11 Å². The van der Waals surface area contributed by atoms with Crippen LogP contribution in [-0.2, 0) is 14.4 Å². The van der Waals surface area contributed by atoms with E-state index in [2.05, 4.69) is 5.32 Å². The number of amides is 3. The number of imide groups is 1. The van der Waals surface area contributed by atoms with Crippen LogP contribution in [0.5, 0.6) is 0 Å². The van der Waals surface area contributed by atoms with Crippen molar-refractivity contribution in [3.8, 4) is 0 Å². The quantitative estimate of drug-likeness (QED) is 0.592. The summed E-state index contributed by atoms with van der Waals surface area (Å²) in [7, 11) is 0. The van der Waals surface area contributed by atoms with Crippen molar-refractivity contribution in [3.63, 3.8) is 0 Å². The van der Waals surface area contributed by atoms with Gasteiger partial charge in [0.05, 0.1) is 17.4 Å². The van der Waals surface area contributed by atoms with Crippen LogP contribution in [0.4, 0.5) is 5.69 Å². The number of anilines is 1. The maximum Gasteiger partial charge on any atom is 0.335 e. The van der Waals surface area contributed by atoms with Crippen LogP contribution in [0.25, 0.3) is 0 Å². The fourth-order valence-corrected chi connectivity index (χ4v) is 5.94. The van der Waals surface area contributed by atoms with Crippen LogP contribution in [0, 0.1) is 11.8 Å². The fourth-order valence-electron chi connectivity index (χ4n) is 5.94. The third-order valence-electron chi connectivity index (χ3n) is 7.26. The van der Waals surface area contributed by atoms with Crippen molar-refractivity contribution >= 4 is 29.4 Å². The number of likely N-dealkylation sites (tertiary alicyclic amines) is 1. The van der Waals surface area contributed by atoms with Gasteiger partial charge in [0.25, 0.3) is 0 Å². The molecule has 3 aromatic carbocycles. The lowest BCUT2D eigenvalue weighted by Gasteiger charge is -2.45. The van der Waals surface area contributed by atoms with E-state index < -0.39 is 23.7 Å². The average molecular weight is 452 g/mol. The number of carbonyl (C=O) groups is 4. The number of nitrogens with zero attached hydrogens (tertiary/aromatic N) is 1. The Hall–Kier alpha value is -4.26. The number of carboxylic acids is 1. The molecule has 0 spiro atoms. The average Bonchev–Trinajstić information content (AvgIpc) is 3.09. The van der Waals surface area contributed by atoms with Gasteiger partial charge >= 0.3 is 5.97 Å². The predicted molar refractivity (Wildman–Crippen MR) is 122 cm³/mol. The van der Waals surface area contributed by atoms with Gasteiger partial charge in [-0.05, 0) is 46.5 Å². The lowest BCUT2D eigenvalue weighted by molar-refractivity contribution is -0.142. The number of carboxylic acid groups (broad SMARTS) is 1. The summed E-state index contributed by atoms with van der Waals surface area (Å²) in [4.78, 5) is 51.9. The molecule has 0 radical (unpaired) electrons. The van der Waals surface area contributed by atoms with E-state index in [9.17, 15) is 19.2 Å². The van der Waals surface area contributed by atoms with Gasteiger partial charge in [-0.2, -0.15) is 0 Å². The van der Waals surface area contributed by atoms with Gasteiger partial charge in [0.2, 0.25) is 17.7 Å². The van der Waals surface area contributed by atoms with Gasteiger partial charge in [-0.15, -0.1) is 0 Å². The Balaban J connectivity index is 1.29. The van der Waals surface area contributed by atoms with Crippen molar-refractivity contribution in [2.75, 3.05) is 11.9 Å². The molecule has 7 heteroatoms. The fraction of sp³-hybridized carbons (Fsp3) is 0.185. The first-order chi connectivity index (χ1) is 16.5. The summed E-state index contributed by atoms with van der Waals surface area (Å²) in [6.45, 7) is -0.378. The molecule has 4 aliphatic rings. The van der Waals surface area contributed by atoms with Crippen LogP contribution in [-0.4, -0.2) is 40.2 Å². The van der Waals surface area contributed by atoms with Crippen molar-refractivity contribution in [2.45, 2.75) is 11.8 Å². The van der Waals surface area contributed by atoms with E-state index in [1.165, 1.54) is 24.3 Å². The van der Waals surface area contributed by atoms with Crippen LogP contribution >= 0.6 is 0 Å². The highest BCUT2D eigenvalue weighted by atomic mass is 16.4. The summed E-state index contributed by atoms with van der Waals surface area (Å²) in [5.74, 6) is -3.67. The first-order valence-electron chi connectivity index (χ1n) is 11.1. The van der Waals surface area contributed by atoms with Gasteiger partial charge in [-0.1, -0.05) is 48.5 Å². The predicted octanol–water partition coefficient (Wildman–Crippen LogP) is 3.22. The Bertz CT molecular complexity index is 1260. The molecule has 1 heterocycles. The Morgan fingerprint density at radius 2 is 1.18 bits per heavy atom. The maximum absolute atomic E-state index is 13.5. The summed E-state index contributed by atoms with van der Waals surface area (Å²) in [6, 6.07) is 21.7. The second-order valence-electron chi connectivity index (χ2n) is 8.96. The highest BCUT2D eigenvalue weighted by Gasteiger charge is 2.61. The molecule has 2 bridgehead atoms. The molecule has 168 valence electrons. The minimum atomic E-state index is -1.06. The molecule has 3 aliphatic carbocycles. The number of rotatable bonds is 4. The van der Waals surface area contributed by atoms with Crippen molar-refractivity contribution in [2.24, 2.45) is 11.8 Å². The largest absolute Gasteiger partial charge is 0.478 e. The first-order valence-corrected chi connectivity index (χ1v) is 11.1. The molecule has 1 aliphatic heterocycles. The summed E-state index contributed by atoms with van der Waals surface area (Å²) in [6.07, 6.45) is 0. The van der Waals surface area contributed by atoms with Crippen LogP contribution in [0.1, 0.15) is 44.4 Å². The molecule has 0 aromatic heterocycles. The number of hydrogen-bond donors (Lipinski definition) is 2. The summed E-state index contributed by atoms with van der Waals surface area (Å²) in [5.41, 5.74) is 4.82. The molecule has 2 atom stereocenters. The van der Waals surface area contributed by atoms with Crippen molar-refractivity contribution < 1.29 is 24.3 Å². The molecule has 34 heavy (non-hydrogen) atoms. The monoisotopic (exact) mass is 452 g/mol. The molecule has 2 N–H and O–H groups in total. The van der Waals surface area contributed by atoms with E-state index >= 15 is 0 Å². The Morgan fingerprint density at radius 3 is 1.59 bits per heavy atom. The van der Waals surface area contributed by atoms with Crippen LogP contribution in [0.15, 0.2) is 72.8 Å². The molecule has 3 aromatic rings. The number of aromatic carboxylic acids is 1. The molecular weight excluding hydrogens is 432 g/mol. The second kappa shape index (κ2) is 7.38. The number of benzene rings is 3. The zero-order valence-electron chi connectivity index (χ0n) is 18.0. The summed E-state index contributed by atoms with van der Waals surface area (Å²) >= 11 is 0. The molecule has 0 saturated carbocycles. The number of carbonyl (C=O) groups excluding carboxylic acids is 3. The molecule has 0 unspecified atom stereocenters. The van der Waals surface area contributed by atoms with E-state index in [1.807, 2.05) is 48.5 Å². The van der Waals surface area contributed by atoms with Gasteiger partial charge in [-0.25, -0.2) is 4.79 Å². The van der Waals surface area contributed by atoms with E-state index in [0.29, 0.717) is 5.69 Å². The zero-order chi connectivity index (χ0) is 23.6. The minimum absolute atomic E-state index is 0.0987. The Kier molecular flexibility index (Phi) is 4.42. The molecule has 7 rings (SSSR count). The number of hydrogen-bond acceptors (Lipinski definition) is 4. The summed E-state index contributed by atoms with van der Waals surface area (Å²) < 4.78 is 0. The zero-order valence-corrected chi connectivity index (χ0v) is 18.0. The minimum Gasteiger partial charge on any atom is -0.478 e. The van der Waals surface area contributed by atoms with Gasteiger partial charge in [0.1, 0.15) is 6.54 Å². The molecular formula is C27H20N2O5. The van der Waals surface area contributed by atoms with Crippen LogP contribution in [0.3, 0.4) is 0 Å². The standard InChI is InChI=1S/C27H20N2O5/c30-20(28-15-11-9-14(10-12-15)27(33)34)13-29-25(31)23-21-16-5-1-2-6-17(16)22(24(23)26(29)32)19-8-4-3-7-18(19)21/h1-12,21-24H,13H2,(H,28,30)(H,33,34)/t21?,22?,23-,24+. The highest BCUT2D eigenvalue weighted by molar-refractivity contribution is 6.10. The normalized spacial score (nSPS) is 23.8.